The Morgan fingerprint density at radius 1 is 0.972 bits per heavy atom. The Balaban J connectivity index is 1.66. The maximum absolute atomic E-state index is 13.2. The van der Waals surface area contributed by atoms with Gasteiger partial charge in [-0.25, -0.2) is 9.59 Å². The zero-order valence-corrected chi connectivity index (χ0v) is 23.9. The SMILES string of the molecule is COC(C)/C=C/[C@@H]1[C@@]2(C)CO[C@]1(C)C[C@@H](OC(=O)c1ccc(Br)cc1)[C@@H]2OC(=O)c1ccc(Br)cc1. The Hall–Kier alpha value is -2.00. The Bertz CT molecular complexity index is 1130. The summed E-state index contributed by atoms with van der Waals surface area (Å²) in [4.78, 5) is 26.3. The molecule has 192 valence electrons. The van der Waals surface area contributed by atoms with Crippen LogP contribution in [-0.4, -0.2) is 49.6 Å². The average Bonchev–Trinajstić information content (AvgIpc) is 3.05. The minimum absolute atomic E-state index is 0.0756. The van der Waals surface area contributed by atoms with Gasteiger partial charge >= 0.3 is 11.9 Å². The van der Waals surface area contributed by atoms with Gasteiger partial charge in [-0.2, -0.15) is 0 Å². The van der Waals surface area contributed by atoms with Gasteiger partial charge in [0.2, 0.25) is 0 Å². The van der Waals surface area contributed by atoms with Crippen molar-refractivity contribution in [2.45, 2.75) is 51.1 Å². The summed E-state index contributed by atoms with van der Waals surface area (Å²) < 4.78 is 25.6. The van der Waals surface area contributed by atoms with E-state index in [0.717, 1.165) is 8.95 Å². The molecule has 1 aliphatic carbocycles. The van der Waals surface area contributed by atoms with Gasteiger partial charge in [0.05, 0.1) is 29.4 Å². The van der Waals surface area contributed by atoms with E-state index >= 15 is 0 Å². The molecule has 0 aromatic heterocycles. The maximum atomic E-state index is 13.2. The molecule has 2 fully saturated rings. The highest BCUT2D eigenvalue weighted by atomic mass is 79.9. The van der Waals surface area contributed by atoms with Crippen molar-refractivity contribution in [2.75, 3.05) is 13.7 Å². The van der Waals surface area contributed by atoms with E-state index in [4.69, 9.17) is 18.9 Å². The number of hydrogen-bond donors (Lipinski definition) is 0. The van der Waals surface area contributed by atoms with Crippen molar-refractivity contribution in [3.63, 3.8) is 0 Å². The van der Waals surface area contributed by atoms with E-state index in [-0.39, 0.29) is 12.0 Å². The second-order valence-electron chi connectivity index (χ2n) is 9.90. The topological polar surface area (TPSA) is 71.1 Å². The van der Waals surface area contributed by atoms with Crippen molar-refractivity contribution in [1.29, 1.82) is 0 Å². The first-order valence-corrected chi connectivity index (χ1v) is 13.4. The third kappa shape index (κ3) is 5.47. The third-order valence-electron chi connectivity index (χ3n) is 7.27. The highest BCUT2D eigenvalue weighted by molar-refractivity contribution is 9.10. The molecule has 2 aromatic carbocycles. The number of carbonyl (C=O) groups is 2. The fourth-order valence-electron chi connectivity index (χ4n) is 5.22. The number of methoxy groups -OCH3 is 1. The summed E-state index contributed by atoms with van der Waals surface area (Å²) in [6.45, 7) is 6.38. The van der Waals surface area contributed by atoms with Gasteiger partial charge in [0.1, 0.15) is 12.2 Å². The van der Waals surface area contributed by atoms with Crippen molar-refractivity contribution in [1.82, 2.24) is 0 Å². The van der Waals surface area contributed by atoms with Crippen LogP contribution in [0.15, 0.2) is 69.6 Å². The molecule has 6 nitrogen and oxygen atoms in total. The van der Waals surface area contributed by atoms with Crippen LogP contribution in [0.1, 0.15) is 47.9 Å². The molecule has 1 heterocycles. The van der Waals surface area contributed by atoms with Gasteiger partial charge in [-0.05, 0) is 62.4 Å². The Morgan fingerprint density at radius 3 is 2.03 bits per heavy atom. The quantitative estimate of drug-likeness (QED) is 0.264. The minimum atomic E-state index is -0.712. The molecule has 1 saturated carbocycles. The van der Waals surface area contributed by atoms with Gasteiger partial charge in [0, 0.05) is 33.8 Å². The standard InChI is InChI=1S/C28H30Br2O6/c1-17(33-4)5-14-23-27(2)16-34-28(23,3)15-22(35-25(31)18-6-10-20(29)11-7-18)24(27)36-26(32)19-8-12-21(30)13-9-19/h5-14,17,22-24H,15-16H2,1-4H3/b14-5+/t17?,22-,23-,24+,27-,28-/m1/s1. The predicted octanol–water partition coefficient (Wildman–Crippen LogP) is 6.37. The first-order chi connectivity index (χ1) is 17.1. The molecular weight excluding hydrogens is 592 g/mol. The molecule has 0 N–H and O–H groups in total. The monoisotopic (exact) mass is 620 g/mol. The molecule has 6 atom stereocenters. The smallest absolute Gasteiger partial charge is 0.338 e. The van der Waals surface area contributed by atoms with E-state index in [9.17, 15) is 9.59 Å². The van der Waals surface area contributed by atoms with Crippen LogP contribution in [0.4, 0.5) is 0 Å². The summed E-state index contributed by atoms with van der Waals surface area (Å²) >= 11 is 6.78. The van der Waals surface area contributed by atoms with Crippen LogP contribution in [-0.2, 0) is 18.9 Å². The van der Waals surface area contributed by atoms with Crippen LogP contribution in [0.5, 0.6) is 0 Å². The Kier molecular flexibility index (Phi) is 8.10. The first kappa shape index (κ1) is 27.0. The fourth-order valence-corrected chi connectivity index (χ4v) is 5.75. The van der Waals surface area contributed by atoms with E-state index in [0.29, 0.717) is 24.2 Å². The third-order valence-corrected chi connectivity index (χ3v) is 8.33. The summed E-state index contributed by atoms with van der Waals surface area (Å²) in [5.41, 5.74) is -0.362. The summed E-state index contributed by atoms with van der Waals surface area (Å²) in [6, 6.07) is 14.0. The molecule has 0 radical (unpaired) electrons. The maximum Gasteiger partial charge on any atom is 0.338 e. The highest BCUT2D eigenvalue weighted by Crippen LogP contribution is 2.56. The van der Waals surface area contributed by atoms with Crippen LogP contribution in [0.3, 0.4) is 0 Å². The molecule has 1 saturated heterocycles. The highest BCUT2D eigenvalue weighted by Gasteiger charge is 2.65. The predicted molar refractivity (Wildman–Crippen MR) is 143 cm³/mol. The summed E-state index contributed by atoms with van der Waals surface area (Å²) in [6.07, 6.45) is 3.01. The van der Waals surface area contributed by atoms with Crippen molar-refractivity contribution < 1.29 is 28.5 Å². The number of rotatable bonds is 7. The molecule has 0 spiro atoms. The van der Waals surface area contributed by atoms with E-state index in [1.165, 1.54) is 0 Å². The summed E-state index contributed by atoms with van der Waals surface area (Å²) in [5, 5.41) is 0. The van der Waals surface area contributed by atoms with Gasteiger partial charge in [0.25, 0.3) is 0 Å². The van der Waals surface area contributed by atoms with Crippen LogP contribution < -0.4 is 0 Å². The molecule has 2 aromatic rings. The van der Waals surface area contributed by atoms with Crippen LogP contribution in [0.25, 0.3) is 0 Å². The number of carbonyl (C=O) groups excluding carboxylic acids is 2. The zero-order chi connectivity index (χ0) is 26.1. The number of fused-ring (bicyclic) bond motifs is 2. The van der Waals surface area contributed by atoms with Gasteiger partial charge in [-0.1, -0.05) is 50.9 Å². The number of esters is 2. The van der Waals surface area contributed by atoms with Gasteiger partial charge < -0.3 is 18.9 Å². The van der Waals surface area contributed by atoms with Crippen molar-refractivity contribution in [3.8, 4) is 0 Å². The lowest BCUT2D eigenvalue weighted by molar-refractivity contribution is -0.124. The second-order valence-corrected chi connectivity index (χ2v) is 11.7. The molecule has 1 aliphatic heterocycles. The number of halogens is 2. The number of ether oxygens (including phenoxy) is 4. The second kappa shape index (κ2) is 10.8. The van der Waals surface area contributed by atoms with E-state index in [1.807, 2.05) is 26.8 Å². The minimum Gasteiger partial charge on any atom is -0.455 e. The largest absolute Gasteiger partial charge is 0.455 e. The van der Waals surface area contributed by atoms with E-state index in [1.54, 1.807) is 55.6 Å². The van der Waals surface area contributed by atoms with E-state index in [2.05, 4.69) is 37.9 Å². The molecule has 36 heavy (non-hydrogen) atoms. The molecule has 4 rings (SSSR count). The zero-order valence-electron chi connectivity index (χ0n) is 20.7. The van der Waals surface area contributed by atoms with Gasteiger partial charge in [-0.3, -0.25) is 0 Å². The normalized spacial score (nSPS) is 30.2. The summed E-state index contributed by atoms with van der Waals surface area (Å²) in [7, 11) is 1.66. The molecule has 8 heteroatoms. The molecule has 1 unspecified atom stereocenters. The van der Waals surface area contributed by atoms with Crippen LogP contribution in [0, 0.1) is 11.3 Å². The number of benzene rings is 2. The lowest BCUT2D eigenvalue weighted by Crippen LogP contribution is -2.58. The van der Waals surface area contributed by atoms with Crippen molar-refractivity contribution >= 4 is 43.8 Å². The molecule has 2 bridgehead atoms. The lowest BCUT2D eigenvalue weighted by Gasteiger charge is -2.48. The van der Waals surface area contributed by atoms with Crippen molar-refractivity contribution in [3.05, 3.63) is 80.8 Å². The van der Waals surface area contributed by atoms with Gasteiger partial charge in [0.15, 0.2) is 0 Å². The van der Waals surface area contributed by atoms with Crippen LogP contribution >= 0.6 is 31.9 Å². The fraction of sp³-hybridized carbons (Fsp3) is 0.429. The molecule has 2 aliphatic rings. The Labute approximate surface area is 228 Å². The molecule has 0 amide bonds. The number of hydrogen-bond acceptors (Lipinski definition) is 6. The molecular formula is C28H30Br2O6. The summed E-state index contributed by atoms with van der Waals surface area (Å²) in [5.74, 6) is -1.01. The Morgan fingerprint density at radius 2 is 1.50 bits per heavy atom. The lowest BCUT2D eigenvalue weighted by atomic mass is 9.60. The first-order valence-electron chi connectivity index (χ1n) is 11.8. The van der Waals surface area contributed by atoms with Crippen molar-refractivity contribution in [2.24, 2.45) is 11.3 Å². The van der Waals surface area contributed by atoms with Gasteiger partial charge in [-0.15, -0.1) is 0 Å². The average molecular weight is 622 g/mol. The van der Waals surface area contributed by atoms with E-state index < -0.39 is 35.2 Å². The van der Waals surface area contributed by atoms with Crippen LogP contribution in [0.2, 0.25) is 0 Å².